The first-order chi connectivity index (χ1) is 9.70. The molecule has 0 saturated heterocycles. The molecule has 2 aromatic rings. The lowest BCUT2D eigenvalue weighted by molar-refractivity contribution is 0.0955. The van der Waals surface area contributed by atoms with Crippen molar-refractivity contribution in [1.29, 1.82) is 5.26 Å². The number of rotatable bonds is 3. The SMILES string of the molecule is N#Cc1ccc(C=NNC(=O)c2ccccc2Cl)cc1. The second kappa shape index (κ2) is 6.50. The molecular weight excluding hydrogens is 274 g/mol. The van der Waals surface area contributed by atoms with E-state index in [1.807, 2.05) is 6.07 Å². The molecule has 0 fully saturated rings. The lowest BCUT2D eigenvalue weighted by Crippen LogP contribution is -2.17. The molecule has 0 radical (unpaired) electrons. The first-order valence-corrected chi connectivity index (χ1v) is 6.16. The molecule has 20 heavy (non-hydrogen) atoms. The van der Waals surface area contributed by atoms with Gasteiger partial charge in [0.1, 0.15) is 0 Å². The lowest BCUT2D eigenvalue weighted by Gasteiger charge is -2.01. The van der Waals surface area contributed by atoms with Crippen molar-refractivity contribution in [3.63, 3.8) is 0 Å². The molecule has 1 N–H and O–H groups in total. The summed E-state index contributed by atoms with van der Waals surface area (Å²) in [5, 5.41) is 12.9. The third-order valence-electron chi connectivity index (χ3n) is 2.54. The second-order valence-electron chi connectivity index (χ2n) is 3.91. The number of benzene rings is 2. The van der Waals surface area contributed by atoms with Gasteiger partial charge in [0.2, 0.25) is 0 Å². The van der Waals surface area contributed by atoms with Crippen LogP contribution in [-0.2, 0) is 0 Å². The van der Waals surface area contributed by atoms with E-state index < -0.39 is 0 Å². The van der Waals surface area contributed by atoms with Gasteiger partial charge in [-0.1, -0.05) is 35.9 Å². The van der Waals surface area contributed by atoms with Crippen LogP contribution in [0.5, 0.6) is 0 Å². The van der Waals surface area contributed by atoms with E-state index in [2.05, 4.69) is 10.5 Å². The molecule has 0 saturated carbocycles. The Bertz CT molecular complexity index is 687. The number of carbonyl (C=O) groups is 1. The Morgan fingerprint density at radius 3 is 2.55 bits per heavy atom. The Morgan fingerprint density at radius 1 is 1.20 bits per heavy atom. The minimum absolute atomic E-state index is 0.367. The fourth-order valence-corrected chi connectivity index (χ4v) is 1.74. The van der Waals surface area contributed by atoms with Gasteiger partial charge >= 0.3 is 0 Å². The number of hydrogen-bond acceptors (Lipinski definition) is 3. The highest BCUT2D eigenvalue weighted by Crippen LogP contribution is 2.14. The molecule has 98 valence electrons. The molecule has 0 aromatic heterocycles. The van der Waals surface area contributed by atoms with Crippen molar-refractivity contribution < 1.29 is 4.79 Å². The molecule has 5 heteroatoms. The van der Waals surface area contributed by atoms with E-state index in [4.69, 9.17) is 16.9 Å². The van der Waals surface area contributed by atoms with Crippen molar-refractivity contribution in [1.82, 2.24) is 5.43 Å². The van der Waals surface area contributed by atoms with Gasteiger partial charge in [0.25, 0.3) is 5.91 Å². The first-order valence-electron chi connectivity index (χ1n) is 5.79. The van der Waals surface area contributed by atoms with Crippen LogP contribution in [0.4, 0.5) is 0 Å². The summed E-state index contributed by atoms with van der Waals surface area (Å²) in [6, 6.07) is 15.6. The lowest BCUT2D eigenvalue weighted by atomic mass is 10.2. The monoisotopic (exact) mass is 283 g/mol. The quantitative estimate of drug-likeness (QED) is 0.695. The zero-order valence-corrected chi connectivity index (χ0v) is 11.1. The van der Waals surface area contributed by atoms with Crippen molar-refractivity contribution in [3.8, 4) is 6.07 Å². The van der Waals surface area contributed by atoms with E-state index in [0.717, 1.165) is 5.56 Å². The van der Waals surface area contributed by atoms with Crippen LogP contribution < -0.4 is 5.43 Å². The summed E-state index contributed by atoms with van der Waals surface area (Å²) >= 11 is 5.91. The average molecular weight is 284 g/mol. The molecule has 0 aliphatic carbocycles. The molecule has 0 spiro atoms. The predicted octanol–water partition coefficient (Wildman–Crippen LogP) is 2.98. The minimum atomic E-state index is -0.375. The summed E-state index contributed by atoms with van der Waals surface area (Å²) in [5.41, 5.74) is 4.12. The van der Waals surface area contributed by atoms with Crippen molar-refractivity contribution >= 4 is 23.7 Å². The Balaban J connectivity index is 2.01. The van der Waals surface area contributed by atoms with Crippen LogP contribution in [0.25, 0.3) is 0 Å². The minimum Gasteiger partial charge on any atom is -0.267 e. The standard InChI is InChI=1S/C15H10ClN3O/c16-14-4-2-1-3-13(14)15(20)19-18-10-12-7-5-11(9-17)6-8-12/h1-8,10H,(H,19,20). The maximum atomic E-state index is 11.8. The normalized spacial score (nSPS) is 10.2. The van der Waals surface area contributed by atoms with Gasteiger partial charge in [-0.25, -0.2) is 5.43 Å². The average Bonchev–Trinajstić information content (AvgIpc) is 2.48. The van der Waals surface area contributed by atoms with Crippen molar-refractivity contribution in [2.24, 2.45) is 5.10 Å². The van der Waals surface area contributed by atoms with E-state index >= 15 is 0 Å². The molecule has 0 aliphatic heterocycles. The van der Waals surface area contributed by atoms with Gasteiger partial charge in [0, 0.05) is 0 Å². The van der Waals surface area contributed by atoms with E-state index in [1.165, 1.54) is 6.21 Å². The van der Waals surface area contributed by atoms with Gasteiger partial charge in [0.05, 0.1) is 28.4 Å². The number of halogens is 1. The number of nitrogens with zero attached hydrogens (tertiary/aromatic N) is 2. The van der Waals surface area contributed by atoms with Gasteiger partial charge in [-0.15, -0.1) is 0 Å². The van der Waals surface area contributed by atoms with Crippen LogP contribution in [0.15, 0.2) is 53.6 Å². The van der Waals surface area contributed by atoms with E-state index in [-0.39, 0.29) is 5.91 Å². The molecule has 0 atom stereocenters. The fourth-order valence-electron chi connectivity index (χ4n) is 1.51. The third-order valence-corrected chi connectivity index (χ3v) is 2.87. The summed E-state index contributed by atoms with van der Waals surface area (Å²) in [6.07, 6.45) is 1.50. The molecule has 1 amide bonds. The Labute approximate surface area is 121 Å². The molecule has 0 aliphatic rings. The topological polar surface area (TPSA) is 65.2 Å². The van der Waals surface area contributed by atoms with Crippen LogP contribution in [0.1, 0.15) is 21.5 Å². The highest BCUT2D eigenvalue weighted by molar-refractivity contribution is 6.33. The Hall–Kier alpha value is -2.64. The molecule has 4 nitrogen and oxygen atoms in total. The molecule has 0 unspecified atom stereocenters. The van der Waals surface area contributed by atoms with E-state index in [9.17, 15) is 4.79 Å². The number of amides is 1. The molecular formula is C15H10ClN3O. The summed E-state index contributed by atoms with van der Waals surface area (Å²) in [6.45, 7) is 0. The molecule has 0 heterocycles. The van der Waals surface area contributed by atoms with Crippen LogP contribution in [0, 0.1) is 11.3 Å². The molecule has 2 aromatic carbocycles. The van der Waals surface area contributed by atoms with E-state index in [1.54, 1.807) is 48.5 Å². The number of nitrogens with one attached hydrogen (secondary N) is 1. The highest BCUT2D eigenvalue weighted by Gasteiger charge is 2.07. The zero-order chi connectivity index (χ0) is 14.4. The van der Waals surface area contributed by atoms with Gasteiger partial charge in [-0.3, -0.25) is 4.79 Å². The third kappa shape index (κ3) is 3.44. The van der Waals surface area contributed by atoms with Gasteiger partial charge in [-0.2, -0.15) is 10.4 Å². The Kier molecular flexibility index (Phi) is 4.48. The van der Waals surface area contributed by atoms with E-state index in [0.29, 0.717) is 16.1 Å². The molecule has 0 bridgehead atoms. The van der Waals surface area contributed by atoms with Crippen molar-refractivity contribution in [2.75, 3.05) is 0 Å². The molecule has 2 rings (SSSR count). The number of hydrogen-bond donors (Lipinski definition) is 1. The van der Waals surface area contributed by atoms with Crippen molar-refractivity contribution in [2.45, 2.75) is 0 Å². The summed E-state index contributed by atoms with van der Waals surface area (Å²) in [7, 11) is 0. The predicted molar refractivity (Wildman–Crippen MR) is 77.7 cm³/mol. The van der Waals surface area contributed by atoms with Gasteiger partial charge in [0.15, 0.2) is 0 Å². The van der Waals surface area contributed by atoms with Crippen LogP contribution >= 0.6 is 11.6 Å². The summed E-state index contributed by atoms with van der Waals surface area (Å²) in [5.74, 6) is -0.375. The zero-order valence-electron chi connectivity index (χ0n) is 10.4. The van der Waals surface area contributed by atoms with Crippen LogP contribution in [-0.4, -0.2) is 12.1 Å². The smallest absolute Gasteiger partial charge is 0.267 e. The summed E-state index contributed by atoms with van der Waals surface area (Å²) in [4.78, 5) is 11.8. The Morgan fingerprint density at radius 2 is 1.90 bits per heavy atom. The van der Waals surface area contributed by atoms with Crippen LogP contribution in [0.3, 0.4) is 0 Å². The number of nitriles is 1. The first kappa shape index (κ1) is 13.8. The van der Waals surface area contributed by atoms with Crippen LogP contribution in [0.2, 0.25) is 5.02 Å². The summed E-state index contributed by atoms with van der Waals surface area (Å²) < 4.78 is 0. The second-order valence-corrected chi connectivity index (χ2v) is 4.32. The highest BCUT2D eigenvalue weighted by atomic mass is 35.5. The number of carbonyl (C=O) groups excluding carboxylic acids is 1. The van der Waals surface area contributed by atoms with Crippen molar-refractivity contribution in [3.05, 3.63) is 70.2 Å². The maximum absolute atomic E-state index is 11.8. The van der Waals surface area contributed by atoms with Gasteiger partial charge < -0.3 is 0 Å². The largest absolute Gasteiger partial charge is 0.272 e. The number of hydrazone groups is 1. The van der Waals surface area contributed by atoms with Gasteiger partial charge in [-0.05, 0) is 29.8 Å². The fraction of sp³-hybridized carbons (Fsp3) is 0. The maximum Gasteiger partial charge on any atom is 0.272 e.